The van der Waals surface area contributed by atoms with Gasteiger partial charge in [-0.2, -0.15) is 5.06 Å². The van der Waals surface area contributed by atoms with Crippen LogP contribution in [0.5, 0.6) is 0 Å². The first-order chi connectivity index (χ1) is 12.4. The van der Waals surface area contributed by atoms with E-state index in [1.807, 2.05) is 0 Å². The van der Waals surface area contributed by atoms with Gasteiger partial charge in [-0.25, -0.2) is 18.8 Å². The van der Waals surface area contributed by atoms with Crippen molar-refractivity contribution in [2.24, 2.45) is 11.1 Å². The molecule has 150 valence electrons. The smallest absolute Gasteiger partial charge is 0.373 e. The number of rotatable bonds is 6. The Kier molecular flexibility index (Phi) is 5.73. The van der Waals surface area contributed by atoms with Gasteiger partial charge in [0.1, 0.15) is 6.04 Å². The van der Waals surface area contributed by atoms with E-state index in [0.717, 1.165) is 4.90 Å². The maximum Gasteiger partial charge on any atom is 0.373 e. The highest BCUT2D eigenvalue weighted by Gasteiger charge is 2.48. The highest BCUT2D eigenvalue weighted by Crippen LogP contribution is 2.30. The van der Waals surface area contributed by atoms with Gasteiger partial charge in [0.2, 0.25) is 12.7 Å². The second kappa shape index (κ2) is 7.51. The molecule has 1 fully saturated rings. The molecule has 2 bridgehead atoms. The molecular weight excluding hydrogens is 365 g/mol. The highest BCUT2D eigenvalue weighted by atomic mass is 19.1. The van der Waals surface area contributed by atoms with Crippen LogP contribution in [-0.2, 0) is 28.7 Å². The van der Waals surface area contributed by atoms with Crippen LogP contribution in [0.4, 0.5) is 9.18 Å². The summed E-state index contributed by atoms with van der Waals surface area (Å²) in [5.74, 6) is -2.83. The Morgan fingerprint density at radius 3 is 2.52 bits per heavy atom. The molecule has 0 aliphatic carbocycles. The molecule has 3 atom stereocenters. The number of halogens is 1. The first-order valence-electron chi connectivity index (χ1n) is 8.15. The standard InChI is InChI=1S/C16H22FN3O7/c1-8-5-9-6-19(10(8)12(18)21)15(24)20(9)27-11(17)13(22)25-7-26-14(23)16(2,3)4/h5,9-11H,6-7H2,1-4H3,(H2,18,21)/t9-,10+,11?/m1/s1. The number of primary amides is 1. The molecule has 10 nitrogen and oxygen atoms in total. The number of ether oxygens (including phenoxy) is 2. The molecule has 2 N–H and O–H groups in total. The Morgan fingerprint density at radius 1 is 1.33 bits per heavy atom. The predicted molar refractivity (Wildman–Crippen MR) is 87.0 cm³/mol. The van der Waals surface area contributed by atoms with Gasteiger partial charge in [0.15, 0.2) is 0 Å². The van der Waals surface area contributed by atoms with Gasteiger partial charge in [-0.1, -0.05) is 6.08 Å². The van der Waals surface area contributed by atoms with Crippen molar-refractivity contribution in [1.29, 1.82) is 0 Å². The zero-order valence-electron chi connectivity index (χ0n) is 15.4. The van der Waals surface area contributed by atoms with E-state index >= 15 is 0 Å². The fraction of sp³-hybridized carbons (Fsp3) is 0.625. The summed E-state index contributed by atoms with van der Waals surface area (Å²) in [5, 5.41) is 0.652. The monoisotopic (exact) mass is 387 g/mol. The number of hydroxylamine groups is 2. The van der Waals surface area contributed by atoms with Crippen molar-refractivity contribution in [1.82, 2.24) is 9.96 Å². The molecule has 2 aliphatic rings. The van der Waals surface area contributed by atoms with Crippen LogP contribution in [0.1, 0.15) is 27.7 Å². The Balaban J connectivity index is 1.92. The van der Waals surface area contributed by atoms with Gasteiger partial charge in [-0.05, 0) is 33.3 Å². The lowest BCUT2D eigenvalue weighted by Gasteiger charge is -2.27. The van der Waals surface area contributed by atoms with Crippen molar-refractivity contribution in [3.05, 3.63) is 11.6 Å². The Hall–Kier alpha value is -2.69. The largest absolute Gasteiger partial charge is 0.427 e. The van der Waals surface area contributed by atoms with E-state index in [1.54, 1.807) is 33.8 Å². The van der Waals surface area contributed by atoms with Crippen LogP contribution >= 0.6 is 0 Å². The van der Waals surface area contributed by atoms with Gasteiger partial charge in [-0.15, -0.1) is 0 Å². The number of nitrogens with zero attached hydrogens (tertiary/aromatic N) is 2. The quantitative estimate of drug-likeness (QED) is 0.392. The van der Waals surface area contributed by atoms with E-state index in [-0.39, 0.29) is 6.54 Å². The average Bonchev–Trinajstić information content (AvgIpc) is 2.78. The number of fused-ring (bicyclic) bond motifs is 2. The third-order valence-corrected chi connectivity index (χ3v) is 3.98. The van der Waals surface area contributed by atoms with Crippen molar-refractivity contribution in [2.45, 2.75) is 46.1 Å². The first kappa shape index (κ1) is 20.6. The molecule has 3 amide bonds. The number of carbonyl (C=O) groups is 4. The lowest BCUT2D eigenvalue weighted by Crippen LogP contribution is -2.48. The third kappa shape index (κ3) is 4.35. The Morgan fingerprint density at radius 2 is 1.96 bits per heavy atom. The number of hydrogen-bond acceptors (Lipinski definition) is 7. The zero-order chi connectivity index (χ0) is 20.5. The van der Waals surface area contributed by atoms with Crippen LogP contribution < -0.4 is 5.73 Å². The van der Waals surface area contributed by atoms with Crippen LogP contribution in [0.25, 0.3) is 0 Å². The van der Waals surface area contributed by atoms with Gasteiger partial charge < -0.3 is 20.1 Å². The predicted octanol–water partition coefficient (Wildman–Crippen LogP) is 0.224. The Labute approximate surface area is 154 Å². The molecule has 0 aromatic rings. The molecule has 0 radical (unpaired) electrons. The minimum absolute atomic E-state index is 0.0642. The number of esters is 2. The van der Waals surface area contributed by atoms with Crippen LogP contribution in [0.15, 0.2) is 11.6 Å². The normalized spacial score (nSPS) is 23.0. The second-order valence-electron chi connectivity index (χ2n) is 7.23. The molecule has 11 heteroatoms. The van der Waals surface area contributed by atoms with Crippen molar-refractivity contribution in [3.8, 4) is 0 Å². The maximum absolute atomic E-state index is 14.0. The van der Waals surface area contributed by atoms with E-state index in [4.69, 9.17) is 10.6 Å². The van der Waals surface area contributed by atoms with E-state index in [2.05, 4.69) is 9.47 Å². The summed E-state index contributed by atoms with van der Waals surface area (Å²) in [6, 6.07) is -2.44. The molecule has 0 saturated carbocycles. The number of urea groups is 1. The summed E-state index contributed by atoms with van der Waals surface area (Å²) in [4.78, 5) is 52.9. The lowest BCUT2D eigenvalue weighted by molar-refractivity contribution is -0.229. The minimum atomic E-state index is -2.62. The number of hydrogen-bond donors (Lipinski definition) is 1. The first-order valence-corrected chi connectivity index (χ1v) is 8.15. The van der Waals surface area contributed by atoms with Crippen molar-refractivity contribution in [3.63, 3.8) is 0 Å². The topological polar surface area (TPSA) is 128 Å². The molecule has 1 saturated heterocycles. The summed E-state index contributed by atoms with van der Waals surface area (Å²) < 4.78 is 23.2. The summed E-state index contributed by atoms with van der Waals surface area (Å²) in [5.41, 5.74) is 4.99. The highest BCUT2D eigenvalue weighted by molar-refractivity contribution is 5.90. The van der Waals surface area contributed by atoms with Crippen LogP contribution in [0, 0.1) is 5.41 Å². The van der Waals surface area contributed by atoms with Gasteiger partial charge in [0, 0.05) is 0 Å². The van der Waals surface area contributed by atoms with Crippen LogP contribution in [0.2, 0.25) is 0 Å². The van der Waals surface area contributed by atoms with Crippen molar-refractivity contribution >= 4 is 23.9 Å². The molecule has 0 aromatic carbocycles. The summed E-state index contributed by atoms with van der Waals surface area (Å²) >= 11 is 0. The number of carbonyl (C=O) groups excluding carboxylic acids is 4. The van der Waals surface area contributed by atoms with Crippen LogP contribution in [-0.4, -0.2) is 65.6 Å². The van der Waals surface area contributed by atoms with Gasteiger partial charge in [0.25, 0.3) is 0 Å². The molecule has 0 aromatic heterocycles. The van der Waals surface area contributed by atoms with Gasteiger partial charge in [0.05, 0.1) is 18.0 Å². The lowest BCUT2D eigenvalue weighted by atomic mass is 9.98. The SMILES string of the molecule is CC1=C[C@@H]2CN(C(=O)N2OC(F)C(=O)OCOC(=O)C(C)(C)C)[C@@H]1C(N)=O. The molecule has 2 heterocycles. The number of nitrogens with two attached hydrogens (primary N) is 1. The average molecular weight is 387 g/mol. The molecule has 2 rings (SSSR count). The summed E-state index contributed by atoms with van der Waals surface area (Å²) in [7, 11) is 0. The fourth-order valence-electron chi connectivity index (χ4n) is 2.67. The summed E-state index contributed by atoms with van der Waals surface area (Å²) in [6.45, 7) is 5.67. The molecule has 2 aliphatic heterocycles. The van der Waals surface area contributed by atoms with E-state index in [1.165, 1.54) is 0 Å². The van der Waals surface area contributed by atoms with E-state index in [9.17, 15) is 23.6 Å². The molecular formula is C16H22FN3O7. The molecule has 0 spiro atoms. The van der Waals surface area contributed by atoms with Crippen LogP contribution in [0.3, 0.4) is 0 Å². The Bertz CT molecular complexity index is 688. The van der Waals surface area contributed by atoms with E-state index in [0.29, 0.717) is 10.6 Å². The third-order valence-electron chi connectivity index (χ3n) is 3.98. The minimum Gasteiger partial charge on any atom is -0.427 e. The maximum atomic E-state index is 14.0. The number of alkyl halides is 1. The molecule has 1 unspecified atom stereocenters. The number of amides is 3. The van der Waals surface area contributed by atoms with Gasteiger partial charge in [-0.3, -0.25) is 9.59 Å². The van der Waals surface area contributed by atoms with Crippen molar-refractivity contribution < 1.29 is 37.9 Å². The fourth-order valence-corrected chi connectivity index (χ4v) is 2.67. The van der Waals surface area contributed by atoms with E-state index < -0.39 is 54.5 Å². The molecule has 27 heavy (non-hydrogen) atoms. The second-order valence-corrected chi connectivity index (χ2v) is 7.23. The van der Waals surface area contributed by atoms with Crippen molar-refractivity contribution in [2.75, 3.05) is 13.3 Å². The zero-order valence-corrected chi connectivity index (χ0v) is 15.4. The van der Waals surface area contributed by atoms with Gasteiger partial charge >= 0.3 is 24.3 Å². The summed E-state index contributed by atoms with van der Waals surface area (Å²) in [6.07, 6.45) is -1.08.